The lowest BCUT2D eigenvalue weighted by molar-refractivity contribution is 0.464. The highest BCUT2D eigenvalue weighted by molar-refractivity contribution is 9.11. The number of sulfonamides is 1. The van der Waals surface area contributed by atoms with Crippen LogP contribution < -0.4 is 0 Å². The molecule has 0 bridgehead atoms. The summed E-state index contributed by atoms with van der Waals surface area (Å²) in [5.74, 6) is 0. The van der Waals surface area contributed by atoms with Crippen LogP contribution in [0.25, 0.3) is 0 Å². The zero-order valence-corrected chi connectivity index (χ0v) is 14.1. The number of rotatable bonds is 4. The van der Waals surface area contributed by atoms with Gasteiger partial charge in [-0.05, 0) is 32.9 Å². The molecule has 19 heavy (non-hydrogen) atoms. The van der Waals surface area contributed by atoms with Gasteiger partial charge < -0.3 is 4.57 Å². The van der Waals surface area contributed by atoms with Crippen LogP contribution in [0.5, 0.6) is 0 Å². The first-order chi connectivity index (χ1) is 8.82. The number of hydrogen-bond donors (Lipinski definition) is 0. The third-order valence-corrected chi connectivity index (χ3v) is 6.36. The van der Waals surface area contributed by atoms with Crippen molar-refractivity contribution in [2.24, 2.45) is 7.05 Å². The quantitative estimate of drug-likeness (QED) is 0.814. The minimum atomic E-state index is -3.68. The molecule has 0 fully saturated rings. The number of aryl methyl sites for hydroxylation is 1. The lowest BCUT2D eigenvalue weighted by Crippen LogP contribution is -2.26. The van der Waals surface area contributed by atoms with Crippen LogP contribution in [0.4, 0.5) is 0 Å². The highest BCUT2D eigenvalue weighted by Crippen LogP contribution is 2.25. The second-order valence-corrected chi connectivity index (χ2v) is 8.58. The van der Waals surface area contributed by atoms with Gasteiger partial charge in [0.2, 0.25) is 5.03 Å². The van der Waals surface area contributed by atoms with Gasteiger partial charge in [-0.25, -0.2) is 13.4 Å². The van der Waals surface area contributed by atoms with E-state index in [9.17, 15) is 8.42 Å². The van der Waals surface area contributed by atoms with Crippen molar-refractivity contribution in [2.75, 3.05) is 7.05 Å². The van der Waals surface area contributed by atoms with Crippen LogP contribution >= 0.6 is 38.9 Å². The van der Waals surface area contributed by atoms with Gasteiger partial charge in [0.1, 0.15) is 5.15 Å². The molecule has 0 aliphatic carbocycles. The van der Waals surface area contributed by atoms with E-state index in [2.05, 4.69) is 20.9 Å². The fourth-order valence-electron chi connectivity index (χ4n) is 1.49. The predicted octanol–water partition coefficient (Wildman–Crippen LogP) is 2.72. The molecule has 0 saturated heterocycles. The molecule has 2 heterocycles. The summed E-state index contributed by atoms with van der Waals surface area (Å²) in [5.41, 5.74) is 0.912. The number of thiophene rings is 1. The Morgan fingerprint density at radius 2 is 2.26 bits per heavy atom. The highest BCUT2D eigenvalue weighted by atomic mass is 79.9. The minimum Gasteiger partial charge on any atom is -0.324 e. The van der Waals surface area contributed by atoms with Crippen LogP contribution in [0.15, 0.2) is 26.6 Å². The maximum atomic E-state index is 12.3. The maximum Gasteiger partial charge on any atom is 0.263 e. The Morgan fingerprint density at radius 1 is 1.58 bits per heavy atom. The molecule has 2 aromatic heterocycles. The van der Waals surface area contributed by atoms with Crippen molar-refractivity contribution in [2.45, 2.75) is 11.6 Å². The fraction of sp³-hybridized carbons (Fsp3) is 0.300. The molecule has 5 nitrogen and oxygen atoms in total. The van der Waals surface area contributed by atoms with E-state index in [1.165, 1.54) is 33.6 Å². The Kier molecular flexibility index (Phi) is 4.36. The first-order valence-electron chi connectivity index (χ1n) is 5.18. The van der Waals surface area contributed by atoms with Gasteiger partial charge in [-0.2, -0.15) is 4.31 Å². The molecular formula is C10H11BrClN3O2S2. The third kappa shape index (κ3) is 3.03. The normalized spacial score (nSPS) is 12.3. The van der Waals surface area contributed by atoms with E-state index in [4.69, 9.17) is 11.6 Å². The second kappa shape index (κ2) is 5.53. The molecule has 0 amide bonds. The molecular weight excluding hydrogens is 374 g/mol. The van der Waals surface area contributed by atoms with E-state index in [-0.39, 0.29) is 16.7 Å². The summed E-state index contributed by atoms with van der Waals surface area (Å²) in [5, 5.41) is 1.89. The summed E-state index contributed by atoms with van der Waals surface area (Å²) in [7, 11) is -0.530. The van der Waals surface area contributed by atoms with Crippen molar-refractivity contribution in [3.8, 4) is 0 Å². The molecule has 0 N–H and O–H groups in total. The zero-order valence-electron chi connectivity index (χ0n) is 10.2. The smallest absolute Gasteiger partial charge is 0.263 e. The van der Waals surface area contributed by atoms with Crippen LogP contribution in [-0.4, -0.2) is 29.3 Å². The van der Waals surface area contributed by atoms with E-state index in [0.29, 0.717) is 0 Å². The standard InChI is InChI=1S/C10H11BrClN3O2S2/c1-14-6-13-10(9(14)12)19(16,17)15(2)4-7-3-8(11)18-5-7/h3,5-6H,4H2,1-2H3. The van der Waals surface area contributed by atoms with Crippen molar-refractivity contribution in [3.05, 3.63) is 32.3 Å². The van der Waals surface area contributed by atoms with E-state index in [1.54, 1.807) is 7.05 Å². The van der Waals surface area contributed by atoms with E-state index >= 15 is 0 Å². The SMILES string of the molecule is CN(Cc1csc(Br)c1)S(=O)(=O)c1ncn(C)c1Cl. The monoisotopic (exact) mass is 383 g/mol. The Morgan fingerprint density at radius 3 is 2.74 bits per heavy atom. The van der Waals surface area contributed by atoms with Crippen molar-refractivity contribution >= 4 is 48.9 Å². The average Bonchev–Trinajstić information content (AvgIpc) is 2.87. The van der Waals surface area contributed by atoms with E-state index in [0.717, 1.165) is 9.35 Å². The van der Waals surface area contributed by atoms with Crippen LogP contribution in [0.2, 0.25) is 5.15 Å². The number of hydrogen-bond acceptors (Lipinski definition) is 4. The summed E-state index contributed by atoms with van der Waals surface area (Å²) in [6.45, 7) is 0.275. The van der Waals surface area contributed by atoms with Gasteiger partial charge in [0, 0.05) is 20.6 Å². The Bertz CT molecular complexity index is 695. The largest absolute Gasteiger partial charge is 0.324 e. The highest BCUT2D eigenvalue weighted by Gasteiger charge is 2.27. The number of aromatic nitrogens is 2. The minimum absolute atomic E-state index is 0.110. The van der Waals surface area contributed by atoms with Crippen molar-refractivity contribution in [3.63, 3.8) is 0 Å². The van der Waals surface area contributed by atoms with Crippen LogP contribution in [0.3, 0.4) is 0 Å². The molecule has 0 spiro atoms. The van der Waals surface area contributed by atoms with Gasteiger partial charge in [-0.15, -0.1) is 11.3 Å². The molecule has 2 rings (SSSR count). The summed E-state index contributed by atoms with van der Waals surface area (Å²) >= 11 is 10.8. The van der Waals surface area contributed by atoms with Gasteiger partial charge >= 0.3 is 0 Å². The van der Waals surface area contributed by atoms with Crippen LogP contribution in [0.1, 0.15) is 5.56 Å². The molecule has 0 unspecified atom stereocenters. The Labute approximate surface area is 129 Å². The van der Waals surface area contributed by atoms with Crippen LogP contribution in [-0.2, 0) is 23.6 Å². The molecule has 0 saturated carbocycles. The third-order valence-electron chi connectivity index (χ3n) is 2.52. The summed E-state index contributed by atoms with van der Waals surface area (Å²) in [4.78, 5) is 3.85. The lowest BCUT2D eigenvalue weighted by atomic mass is 10.3. The molecule has 0 radical (unpaired) electrons. The topological polar surface area (TPSA) is 55.2 Å². The van der Waals surface area contributed by atoms with Crippen molar-refractivity contribution in [1.82, 2.24) is 13.9 Å². The molecule has 104 valence electrons. The first-order valence-corrected chi connectivity index (χ1v) is 8.67. The Hall–Kier alpha value is -0.410. The lowest BCUT2D eigenvalue weighted by Gasteiger charge is -2.15. The summed E-state index contributed by atoms with van der Waals surface area (Å²) < 4.78 is 28.3. The van der Waals surface area contributed by atoms with Gasteiger partial charge in [0.15, 0.2) is 0 Å². The molecule has 0 aliphatic rings. The number of imidazole rings is 1. The Balaban J connectivity index is 2.27. The van der Waals surface area contributed by atoms with Gasteiger partial charge in [0.05, 0.1) is 10.1 Å². The van der Waals surface area contributed by atoms with E-state index < -0.39 is 10.0 Å². The van der Waals surface area contributed by atoms with Crippen LogP contribution in [0, 0.1) is 0 Å². The summed E-state index contributed by atoms with van der Waals surface area (Å²) in [6.07, 6.45) is 1.38. The van der Waals surface area contributed by atoms with Gasteiger partial charge in [-0.1, -0.05) is 11.6 Å². The van der Waals surface area contributed by atoms with Gasteiger partial charge in [0.25, 0.3) is 10.0 Å². The zero-order chi connectivity index (χ0) is 14.2. The molecule has 2 aromatic rings. The van der Waals surface area contributed by atoms with E-state index in [1.807, 2.05) is 11.4 Å². The molecule has 0 aliphatic heterocycles. The summed E-state index contributed by atoms with van der Waals surface area (Å²) in [6, 6.07) is 1.89. The predicted molar refractivity (Wildman–Crippen MR) is 78.9 cm³/mol. The molecule has 0 atom stereocenters. The molecule has 0 aromatic carbocycles. The van der Waals surface area contributed by atoms with Crippen molar-refractivity contribution < 1.29 is 8.42 Å². The number of halogens is 2. The second-order valence-electron chi connectivity index (χ2n) is 3.97. The van der Waals surface area contributed by atoms with Crippen molar-refractivity contribution in [1.29, 1.82) is 0 Å². The molecule has 9 heteroatoms. The van der Waals surface area contributed by atoms with Gasteiger partial charge in [-0.3, -0.25) is 0 Å². The average molecular weight is 385 g/mol. The first kappa shape index (κ1) is 15.0. The number of nitrogens with zero attached hydrogens (tertiary/aromatic N) is 3. The fourth-order valence-corrected chi connectivity index (χ4v) is 4.22. The maximum absolute atomic E-state index is 12.3.